The van der Waals surface area contributed by atoms with Gasteiger partial charge in [-0.25, -0.2) is 0 Å². The van der Waals surface area contributed by atoms with Gasteiger partial charge in [-0.3, -0.25) is 25.8 Å². The van der Waals surface area contributed by atoms with Crippen LogP contribution in [-0.4, -0.2) is 10.8 Å². The van der Waals surface area contributed by atoms with Crippen LogP contribution in [0.4, 0.5) is 11.4 Å². The standard InChI is InChI=1S/C13H9Cl2N3O3/c14-10-2-1-3-11(15)12(10)13(19)17-16-8-4-6-9(7-5-8)18(20)21/h1-7,16H,(H,17,19). The lowest BCUT2D eigenvalue weighted by Gasteiger charge is -2.10. The summed E-state index contributed by atoms with van der Waals surface area (Å²) in [4.78, 5) is 22.0. The van der Waals surface area contributed by atoms with Gasteiger partial charge in [0.1, 0.15) is 0 Å². The number of carbonyl (C=O) groups excluding carboxylic acids is 1. The summed E-state index contributed by atoms with van der Waals surface area (Å²) in [6.45, 7) is 0. The van der Waals surface area contributed by atoms with E-state index in [0.717, 1.165) is 0 Å². The molecule has 0 atom stereocenters. The number of amides is 1. The number of carbonyl (C=O) groups is 1. The summed E-state index contributed by atoms with van der Waals surface area (Å²) in [5.74, 6) is -0.510. The molecule has 0 aliphatic carbocycles. The van der Waals surface area contributed by atoms with E-state index in [1.165, 1.54) is 24.3 Å². The lowest BCUT2D eigenvalue weighted by molar-refractivity contribution is -0.384. The first-order valence-electron chi connectivity index (χ1n) is 5.74. The monoisotopic (exact) mass is 325 g/mol. The fourth-order valence-corrected chi connectivity index (χ4v) is 2.14. The number of rotatable bonds is 4. The summed E-state index contributed by atoms with van der Waals surface area (Å²) in [6.07, 6.45) is 0. The number of hydrogen-bond donors (Lipinski definition) is 2. The van der Waals surface area contributed by atoms with Gasteiger partial charge in [-0.2, -0.15) is 0 Å². The first-order chi connectivity index (χ1) is 9.99. The van der Waals surface area contributed by atoms with Crippen LogP contribution >= 0.6 is 23.2 Å². The van der Waals surface area contributed by atoms with Crippen molar-refractivity contribution >= 4 is 40.5 Å². The molecule has 0 radical (unpaired) electrons. The Hall–Kier alpha value is -2.31. The predicted molar refractivity (Wildman–Crippen MR) is 80.6 cm³/mol. The van der Waals surface area contributed by atoms with Gasteiger partial charge in [-0.05, 0) is 24.3 Å². The van der Waals surface area contributed by atoms with Crippen LogP contribution in [0.1, 0.15) is 10.4 Å². The molecule has 0 bridgehead atoms. The zero-order valence-corrected chi connectivity index (χ0v) is 12.0. The third-order valence-corrected chi connectivity index (χ3v) is 3.22. The molecular formula is C13H9Cl2N3O3. The Morgan fingerprint density at radius 3 is 2.14 bits per heavy atom. The SMILES string of the molecule is O=C(NNc1ccc([N+](=O)[O-])cc1)c1c(Cl)cccc1Cl. The van der Waals surface area contributed by atoms with E-state index in [0.29, 0.717) is 5.69 Å². The summed E-state index contributed by atoms with van der Waals surface area (Å²) >= 11 is 11.8. The largest absolute Gasteiger partial charge is 0.298 e. The molecule has 21 heavy (non-hydrogen) atoms. The minimum absolute atomic E-state index is 0.0407. The highest BCUT2D eigenvalue weighted by molar-refractivity contribution is 6.39. The Balaban J connectivity index is 2.06. The zero-order valence-electron chi connectivity index (χ0n) is 10.5. The van der Waals surface area contributed by atoms with Crippen LogP contribution in [0.5, 0.6) is 0 Å². The van der Waals surface area contributed by atoms with Crippen molar-refractivity contribution in [2.45, 2.75) is 0 Å². The average Bonchev–Trinajstić information content (AvgIpc) is 2.45. The fraction of sp³-hybridized carbons (Fsp3) is 0. The molecule has 0 fully saturated rings. The topological polar surface area (TPSA) is 84.3 Å². The van der Waals surface area contributed by atoms with Crippen molar-refractivity contribution in [2.75, 3.05) is 5.43 Å². The van der Waals surface area contributed by atoms with E-state index in [1.807, 2.05) is 0 Å². The number of non-ortho nitro benzene ring substituents is 1. The molecule has 0 aliphatic rings. The molecule has 0 saturated heterocycles. The summed E-state index contributed by atoms with van der Waals surface area (Å²) in [5, 5.41) is 11.0. The maximum absolute atomic E-state index is 12.0. The smallest absolute Gasteiger partial charge is 0.272 e. The van der Waals surface area contributed by atoms with Crippen molar-refractivity contribution in [3.63, 3.8) is 0 Å². The van der Waals surface area contributed by atoms with E-state index < -0.39 is 10.8 Å². The maximum atomic E-state index is 12.0. The zero-order chi connectivity index (χ0) is 15.4. The molecule has 108 valence electrons. The Labute approximate surface area is 129 Å². The van der Waals surface area contributed by atoms with Gasteiger partial charge in [0.25, 0.3) is 11.6 Å². The summed E-state index contributed by atoms with van der Waals surface area (Å²) in [5.41, 5.74) is 5.63. The summed E-state index contributed by atoms with van der Waals surface area (Å²) in [6, 6.07) is 10.3. The molecule has 2 N–H and O–H groups in total. The molecule has 2 rings (SSSR count). The highest BCUT2D eigenvalue weighted by Gasteiger charge is 2.14. The highest BCUT2D eigenvalue weighted by atomic mass is 35.5. The van der Waals surface area contributed by atoms with Crippen LogP contribution in [-0.2, 0) is 0 Å². The molecule has 0 unspecified atom stereocenters. The molecule has 2 aromatic rings. The van der Waals surface area contributed by atoms with Gasteiger partial charge in [-0.15, -0.1) is 0 Å². The number of halogens is 2. The van der Waals surface area contributed by atoms with Gasteiger partial charge in [0, 0.05) is 12.1 Å². The lowest BCUT2D eigenvalue weighted by Crippen LogP contribution is -2.29. The van der Waals surface area contributed by atoms with Crippen molar-refractivity contribution in [3.8, 4) is 0 Å². The van der Waals surface area contributed by atoms with E-state index in [2.05, 4.69) is 10.9 Å². The molecule has 6 nitrogen and oxygen atoms in total. The van der Waals surface area contributed by atoms with Gasteiger partial charge >= 0.3 is 0 Å². The second-order valence-corrected chi connectivity index (χ2v) is 4.79. The molecule has 2 aromatic carbocycles. The Morgan fingerprint density at radius 2 is 1.62 bits per heavy atom. The van der Waals surface area contributed by atoms with Crippen molar-refractivity contribution in [1.29, 1.82) is 0 Å². The quantitative estimate of drug-likeness (QED) is 0.663. The molecule has 0 spiro atoms. The number of hydrazine groups is 1. The van der Waals surface area contributed by atoms with E-state index >= 15 is 0 Å². The minimum Gasteiger partial charge on any atom is -0.298 e. The number of anilines is 1. The molecule has 0 aliphatic heterocycles. The molecule has 0 aromatic heterocycles. The van der Waals surface area contributed by atoms with Gasteiger partial charge in [0.05, 0.1) is 26.2 Å². The van der Waals surface area contributed by atoms with E-state index in [9.17, 15) is 14.9 Å². The van der Waals surface area contributed by atoms with Crippen LogP contribution in [0, 0.1) is 10.1 Å². The van der Waals surface area contributed by atoms with Crippen LogP contribution in [0.25, 0.3) is 0 Å². The van der Waals surface area contributed by atoms with Gasteiger partial charge in [0.2, 0.25) is 0 Å². The van der Waals surface area contributed by atoms with Gasteiger partial charge in [-0.1, -0.05) is 29.3 Å². The summed E-state index contributed by atoms with van der Waals surface area (Å²) < 4.78 is 0. The van der Waals surface area contributed by atoms with Crippen molar-refractivity contribution in [3.05, 3.63) is 68.2 Å². The normalized spacial score (nSPS) is 10.0. The Morgan fingerprint density at radius 1 is 1.05 bits per heavy atom. The highest BCUT2D eigenvalue weighted by Crippen LogP contribution is 2.24. The van der Waals surface area contributed by atoms with E-state index in [-0.39, 0.29) is 21.3 Å². The minimum atomic E-state index is -0.510. The van der Waals surface area contributed by atoms with Crippen LogP contribution in [0.2, 0.25) is 10.0 Å². The van der Waals surface area contributed by atoms with Crippen LogP contribution in [0.3, 0.4) is 0 Å². The van der Waals surface area contributed by atoms with Crippen molar-refractivity contribution in [2.24, 2.45) is 0 Å². The molecule has 1 amide bonds. The number of nitrogens with one attached hydrogen (secondary N) is 2. The Bertz CT molecular complexity index is 669. The van der Waals surface area contributed by atoms with Crippen molar-refractivity contribution < 1.29 is 9.72 Å². The lowest BCUT2D eigenvalue weighted by atomic mass is 10.2. The first kappa shape index (κ1) is 15.1. The first-order valence-corrected chi connectivity index (χ1v) is 6.49. The third-order valence-electron chi connectivity index (χ3n) is 2.59. The summed E-state index contributed by atoms with van der Waals surface area (Å²) in [7, 11) is 0. The number of nitrogens with zero attached hydrogens (tertiary/aromatic N) is 1. The van der Waals surface area contributed by atoms with Crippen LogP contribution < -0.4 is 10.9 Å². The number of hydrogen-bond acceptors (Lipinski definition) is 4. The van der Waals surface area contributed by atoms with Gasteiger partial charge < -0.3 is 0 Å². The predicted octanol–water partition coefficient (Wildman–Crippen LogP) is 3.66. The number of nitro benzene ring substituents is 1. The second kappa shape index (κ2) is 6.43. The number of benzene rings is 2. The number of nitro groups is 1. The fourth-order valence-electron chi connectivity index (χ4n) is 1.57. The van der Waals surface area contributed by atoms with E-state index in [1.54, 1.807) is 18.2 Å². The molecule has 8 heteroatoms. The molecule has 0 heterocycles. The third kappa shape index (κ3) is 3.62. The second-order valence-electron chi connectivity index (χ2n) is 3.98. The van der Waals surface area contributed by atoms with Crippen LogP contribution in [0.15, 0.2) is 42.5 Å². The average molecular weight is 326 g/mol. The molecular weight excluding hydrogens is 317 g/mol. The maximum Gasteiger partial charge on any atom is 0.272 e. The van der Waals surface area contributed by atoms with E-state index in [4.69, 9.17) is 23.2 Å². The Kier molecular flexibility index (Phi) is 4.62. The molecule has 0 saturated carbocycles. The van der Waals surface area contributed by atoms with Crippen molar-refractivity contribution in [1.82, 2.24) is 5.43 Å². The van der Waals surface area contributed by atoms with Gasteiger partial charge in [0.15, 0.2) is 0 Å².